The summed E-state index contributed by atoms with van der Waals surface area (Å²) in [5, 5.41) is 1.28. The van der Waals surface area contributed by atoms with Crippen LogP contribution in [-0.2, 0) is 6.42 Å². The summed E-state index contributed by atoms with van der Waals surface area (Å²) in [5.41, 5.74) is 2.34. The third kappa shape index (κ3) is 6.57. The predicted octanol–water partition coefficient (Wildman–Crippen LogP) is 0.887. The van der Waals surface area contributed by atoms with E-state index < -0.39 is 0 Å². The third-order valence-electron chi connectivity index (χ3n) is 4.52. The average molecular weight is 395 g/mol. The van der Waals surface area contributed by atoms with Crippen molar-refractivity contribution < 1.29 is 17.3 Å². The van der Waals surface area contributed by atoms with Gasteiger partial charge in [-0.05, 0) is 48.9 Å². The van der Waals surface area contributed by atoms with Crippen molar-refractivity contribution in [1.82, 2.24) is 0 Å². The van der Waals surface area contributed by atoms with Crippen LogP contribution >= 0.6 is 23.2 Å². The van der Waals surface area contributed by atoms with E-state index in [1.165, 1.54) is 37.9 Å². The Bertz CT molecular complexity index is 714. The molecule has 1 fully saturated rings. The molecule has 25 heavy (non-hydrogen) atoms. The van der Waals surface area contributed by atoms with Gasteiger partial charge in [-0.3, -0.25) is 0 Å². The molecule has 1 N–H and O–H groups in total. The van der Waals surface area contributed by atoms with Crippen molar-refractivity contribution in [2.45, 2.75) is 19.3 Å². The summed E-state index contributed by atoms with van der Waals surface area (Å²) in [6, 6.07) is 16.3. The van der Waals surface area contributed by atoms with Gasteiger partial charge in [-0.25, -0.2) is 0 Å². The maximum Gasteiger partial charge on any atom is 0.139 e. The first-order valence-electron chi connectivity index (χ1n) is 8.51. The quantitative estimate of drug-likeness (QED) is 0.738. The molecule has 2 aromatic carbocycles. The smallest absolute Gasteiger partial charge is 0.139 e. The minimum atomic E-state index is 0. The van der Waals surface area contributed by atoms with Crippen molar-refractivity contribution in [3.8, 4) is 11.8 Å². The van der Waals surface area contributed by atoms with Gasteiger partial charge in [-0.1, -0.05) is 59.5 Å². The van der Waals surface area contributed by atoms with Gasteiger partial charge in [0.15, 0.2) is 0 Å². The van der Waals surface area contributed by atoms with Gasteiger partial charge >= 0.3 is 0 Å². The Morgan fingerprint density at radius 2 is 1.76 bits per heavy atom. The lowest BCUT2D eigenvalue weighted by molar-refractivity contribution is -0.901. The monoisotopic (exact) mass is 393 g/mol. The van der Waals surface area contributed by atoms with Crippen LogP contribution in [0.5, 0.6) is 0 Å². The van der Waals surface area contributed by atoms with Crippen LogP contribution in [0, 0.1) is 17.8 Å². The van der Waals surface area contributed by atoms with Crippen LogP contribution in [0.3, 0.4) is 0 Å². The fourth-order valence-corrected chi connectivity index (χ4v) is 3.96. The SMILES string of the molecule is Clc1cc(Cl)cc(C#CC[NH+]2CCCC(Cc3ccccc3)C2)c1.[Cl-]. The molecule has 1 aliphatic rings. The van der Waals surface area contributed by atoms with Crippen molar-refractivity contribution in [1.29, 1.82) is 0 Å². The summed E-state index contributed by atoms with van der Waals surface area (Å²) in [4.78, 5) is 1.59. The molecule has 2 atom stereocenters. The number of benzene rings is 2. The second kappa shape index (κ2) is 10.1. The van der Waals surface area contributed by atoms with Crippen molar-refractivity contribution in [2.24, 2.45) is 5.92 Å². The Morgan fingerprint density at radius 3 is 2.48 bits per heavy atom. The van der Waals surface area contributed by atoms with E-state index in [9.17, 15) is 0 Å². The van der Waals surface area contributed by atoms with Crippen molar-refractivity contribution in [2.75, 3.05) is 19.6 Å². The zero-order valence-electron chi connectivity index (χ0n) is 14.1. The van der Waals surface area contributed by atoms with Crippen molar-refractivity contribution in [3.63, 3.8) is 0 Å². The minimum absolute atomic E-state index is 0. The fraction of sp³-hybridized carbons (Fsp3) is 0.333. The summed E-state index contributed by atoms with van der Waals surface area (Å²) in [5.74, 6) is 7.27. The van der Waals surface area contributed by atoms with Gasteiger partial charge in [-0.15, -0.1) is 0 Å². The van der Waals surface area contributed by atoms with Crippen molar-refractivity contribution in [3.05, 3.63) is 69.7 Å². The number of hydrogen-bond acceptors (Lipinski definition) is 0. The minimum Gasteiger partial charge on any atom is -1.00 e. The zero-order valence-corrected chi connectivity index (χ0v) is 16.3. The molecule has 1 heterocycles. The highest BCUT2D eigenvalue weighted by atomic mass is 35.5. The second-order valence-electron chi connectivity index (χ2n) is 6.54. The maximum atomic E-state index is 6.02. The summed E-state index contributed by atoms with van der Waals surface area (Å²) in [6.07, 6.45) is 3.80. The number of likely N-dealkylation sites (tertiary alicyclic amines) is 1. The number of nitrogens with one attached hydrogen (secondary N) is 1. The van der Waals surface area contributed by atoms with E-state index in [-0.39, 0.29) is 12.4 Å². The largest absolute Gasteiger partial charge is 1.00 e. The number of quaternary nitrogens is 1. The molecule has 0 spiro atoms. The van der Waals surface area contributed by atoms with Crippen LogP contribution in [0.2, 0.25) is 10.0 Å². The predicted molar refractivity (Wildman–Crippen MR) is 102 cm³/mol. The Balaban J connectivity index is 0.00000225. The van der Waals surface area contributed by atoms with E-state index in [0.717, 1.165) is 18.0 Å². The second-order valence-corrected chi connectivity index (χ2v) is 7.41. The highest BCUT2D eigenvalue weighted by molar-refractivity contribution is 6.34. The van der Waals surface area contributed by atoms with Crippen LogP contribution in [0.4, 0.5) is 0 Å². The molecular weight excluding hydrogens is 373 g/mol. The highest BCUT2D eigenvalue weighted by Crippen LogP contribution is 2.18. The summed E-state index contributed by atoms with van der Waals surface area (Å²) < 4.78 is 0. The summed E-state index contributed by atoms with van der Waals surface area (Å²) in [7, 11) is 0. The first-order chi connectivity index (χ1) is 11.7. The van der Waals surface area contributed by atoms with Crippen LogP contribution in [0.1, 0.15) is 24.0 Å². The Labute approximate surface area is 166 Å². The molecule has 0 aliphatic carbocycles. The molecule has 1 saturated heterocycles. The molecule has 1 aliphatic heterocycles. The van der Waals surface area contributed by atoms with E-state index in [4.69, 9.17) is 23.2 Å². The first kappa shape index (κ1) is 20.1. The maximum absolute atomic E-state index is 6.02. The molecule has 0 aromatic heterocycles. The molecule has 4 heteroatoms. The Kier molecular flexibility index (Phi) is 8.13. The van der Waals surface area contributed by atoms with Gasteiger partial charge in [0.2, 0.25) is 0 Å². The zero-order chi connectivity index (χ0) is 16.8. The van der Waals surface area contributed by atoms with Gasteiger partial charge in [-0.2, -0.15) is 0 Å². The molecule has 132 valence electrons. The average Bonchev–Trinajstić information content (AvgIpc) is 2.55. The molecule has 2 aromatic rings. The van der Waals surface area contributed by atoms with Gasteiger partial charge in [0.05, 0.1) is 13.1 Å². The Morgan fingerprint density at radius 1 is 1.04 bits per heavy atom. The molecule has 1 nitrogen and oxygen atoms in total. The molecular formula is C21H22Cl3N. The molecule has 0 bridgehead atoms. The molecule has 3 rings (SSSR count). The van der Waals surface area contributed by atoms with Gasteiger partial charge in [0, 0.05) is 21.5 Å². The van der Waals surface area contributed by atoms with E-state index in [0.29, 0.717) is 10.0 Å². The number of halogens is 3. The Hall–Kier alpha value is -1.17. The van der Waals surface area contributed by atoms with Gasteiger partial charge < -0.3 is 17.3 Å². The molecule has 0 saturated carbocycles. The van der Waals surface area contributed by atoms with Crippen LogP contribution in [0.25, 0.3) is 0 Å². The topological polar surface area (TPSA) is 4.44 Å². The highest BCUT2D eigenvalue weighted by Gasteiger charge is 2.22. The number of hydrogen-bond donors (Lipinski definition) is 1. The van der Waals surface area contributed by atoms with E-state index in [2.05, 4.69) is 42.2 Å². The van der Waals surface area contributed by atoms with E-state index in [1.54, 1.807) is 11.0 Å². The number of piperidine rings is 1. The van der Waals surface area contributed by atoms with Crippen LogP contribution in [0.15, 0.2) is 48.5 Å². The molecule has 0 amide bonds. The lowest BCUT2D eigenvalue weighted by Crippen LogP contribution is -3.13. The van der Waals surface area contributed by atoms with E-state index in [1.807, 2.05) is 12.1 Å². The molecule has 0 radical (unpaired) electrons. The van der Waals surface area contributed by atoms with Crippen molar-refractivity contribution >= 4 is 23.2 Å². The standard InChI is InChI=1S/C21H21Cl2N.ClH/c22-20-13-18(14-21(23)15-20)8-4-10-24-11-5-9-19(16-24)12-17-6-2-1-3-7-17;/h1-3,6-7,13-15,19H,5,9-12,16H2;1H. The lowest BCUT2D eigenvalue weighted by Gasteiger charge is -2.28. The van der Waals surface area contributed by atoms with Gasteiger partial charge in [0.1, 0.15) is 6.54 Å². The first-order valence-corrected chi connectivity index (χ1v) is 9.27. The third-order valence-corrected chi connectivity index (χ3v) is 4.96. The normalized spacial score (nSPS) is 19.4. The fourth-order valence-electron chi connectivity index (χ4n) is 3.43. The molecule has 2 unspecified atom stereocenters. The van der Waals surface area contributed by atoms with Crippen LogP contribution < -0.4 is 17.3 Å². The summed E-state index contributed by atoms with van der Waals surface area (Å²) >= 11 is 12.0. The van der Waals surface area contributed by atoms with Crippen LogP contribution in [-0.4, -0.2) is 19.6 Å². The summed E-state index contributed by atoms with van der Waals surface area (Å²) in [6.45, 7) is 3.31. The lowest BCUT2D eigenvalue weighted by atomic mass is 9.91. The van der Waals surface area contributed by atoms with E-state index >= 15 is 0 Å². The number of rotatable bonds is 3. The van der Waals surface area contributed by atoms with Gasteiger partial charge in [0.25, 0.3) is 0 Å².